The van der Waals surface area contributed by atoms with E-state index < -0.39 is 0 Å². The molecule has 0 saturated carbocycles. The number of hydrogen-bond donors (Lipinski definition) is 1. The molecule has 0 radical (unpaired) electrons. The van der Waals surface area contributed by atoms with E-state index in [2.05, 4.69) is 27.5 Å². The summed E-state index contributed by atoms with van der Waals surface area (Å²) in [6, 6.07) is 13.5. The van der Waals surface area contributed by atoms with Gasteiger partial charge in [0.2, 0.25) is 0 Å². The van der Waals surface area contributed by atoms with Gasteiger partial charge < -0.3 is 19.4 Å². The lowest BCUT2D eigenvalue weighted by Gasteiger charge is -2.39. The van der Waals surface area contributed by atoms with Gasteiger partial charge in [0, 0.05) is 50.2 Å². The number of likely N-dealkylation sites (tertiary alicyclic amines) is 1. The highest BCUT2D eigenvalue weighted by Gasteiger charge is 2.34. The summed E-state index contributed by atoms with van der Waals surface area (Å²) in [6.45, 7) is 4.82. The topological polar surface area (TPSA) is 93.8 Å². The fraction of sp³-hybridized carbons (Fsp3) is 0.333. The number of hydrogen-bond acceptors (Lipinski definition) is 5. The molecule has 1 aliphatic rings. The lowest BCUT2D eigenvalue weighted by atomic mass is 9.85. The van der Waals surface area contributed by atoms with E-state index in [-0.39, 0.29) is 23.8 Å². The molecule has 4 heterocycles. The average molecular weight is 487 g/mol. The summed E-state index contributed by atoms with van der Waals surface area (Å²) in [7, 11) is 3.35. The molecule has 2 amide bonds. The molecule has 3 aromatic heterocycles. The molecule has 0 unspecified atom stereocenters. The molecule has 36 heavy (non-hydrogen) atoms. The number of amides is 2. The van der Waals surface area contributed by atoms with Crippen molar-refractivity contribution in [3.05, 3.63) is 83.1 Å². The van der Waals surface area contributed by atoms with Crippen LogP contribution in [-0.2, 0) is 7.05 Å². The molecule has 186 valence electrons. The smallest absolute Gasteiger partial charge is 0.269 e. The zero-order valence-corrected chi connectivity index (χ0v) is 20.9. The van der Waals surface area contributed by atoms with E-state index in [0.29, 0.717) is 42.2 Å². The van der Waals surface area contributed by atoms with Gasteiger partial charge in [-0.05, 0) is 38.0 Å². The molecular formula is C27H30N6O3. The number of nitrogens with zero attached hydrogens (tertiary/aromatic N) is 5. The minimum Gasteiger partial charge on any atom is -0.493 e. The van der Waals surface area contributed by atoms with Crippen LogP contribution in [0.5, 0.6) is 5.75 Å². The van der Waals surface area contributed by atoms with Gasteiger partial charge in [-0.2, -0.15) is 5.10 Å². The molecule has 9 heteroatoms. The van der Waals surface area contributed by atoms with E-state index >= 15 is 0 Å². The maximum atomic E-state index is 13.7. The Labute approximate surface area is 209 Å². The summed E-state index contributed by atoms with van der Waals surface area (Å²) in [4.78, 5) is 33.0. The highest BCUT2D eigenvalue weighted by molar-refractivity contribution is 5.95. The molecule has 1 saturated heterocycles. The summed E-state index contributed by atoms with van der Waals surface area (Å²) in [5.74, 6) is 0.274. The van der Waals surface area contributed by atoms with E-state index in [1.165, 1.54) is 0 Å². The number of imidazole rings is 1. The first kappa shape index (κ1) is 23.6. The molecule has 5 rings (SSSR count). The summed E-state index contributed by atoms with van der Waals surface area (Å²) in [5, 5.41) is 7.51. The van der Waals surface area contributed by atoms with Crippen LogP contribution < -0.4 is 10.1 Å². The van der Waals surface area contributed by atoms with Crippen molar-refractivity contribution < 1.29 is 14.3 Å². The van der Waals surface area contributed by atoms with Crippen molar-refractivity contribution in [2.45, 2.75) is 32.2 Å². The molecule has 4 aromatic rings. The lowest BCUT2D eigenvalue weighted by molar-refractivity contribution is 0.0670. The van der Waals surface area contributed by atoms with Crippen LogP contribution in [0.4, 0.5) is 0 Å². The fourth-order valence-corrected chi connectivity index (χ4v) is 5.04. The largest absolute Gasteiger partial charge is 0.493 e. The average Bonchev–Trinajstić information content (AvgIpc) is 3.44. The Morgan fingerprint density at radius 2 is 1.92 bits per heavy atom. The Bertz CT molecular complexity index is 1420. The fourth-order valence-electron chi connectivity index (χ4n) is 5.04. The highest BCUT2D eigenvalue weighted by Crippen LogP contribution is 2.30. The first-order valence-corrected chi connectivity index (χ1v) is 12.0. The maximum absolute atomic E-state index is 13.7. The molecule has 0 bridgehead atoms. The van der Waals surface area contributed by atoms with Crippen LogP contribution >= 0.6 is 0 Å². The van der Waals surface area contributed by atoms with Gasteiger partial charge in [-0.25, -0.2) is 4.98 Å². The first-order valence-electron chi connectivity index (χ1n) is 12.0. The monoisotopic (exact) mass is 486 g/mol. The molecule has 0 aliphatic carbocycles. The second kappa shape index (κ2) is 9.49. The van der Waals surface area contributed by atoms with Gasteiger partial charge in [0.05, 0.1) is 18.4 Å². The highest BCUT2D eigenvalue weighted by atomic mass is 16.5. The summed E-state index contributed by atoms with van der Waals surface area (Å²) in [5.41, 5.74) is 4.55. The number of methoxy groups -OCH3 is 1. The number of piperidine rings is 1. The van der Waals surface area contributed by atoms with Gasteiger partial charge in [0.1, 0.15) is 5.69 Å². The Morgan fingerprint density at radius 1 is 1.14 bits per heavy atom. The molecule has 1 fully saturated rings. The first-order chi connectivity index (χ1) is 17.4. The van der Waals surface area contributed by atoms with Crippen LogP contribution in [0.1, 0.15) is 50.1 Å². The summed E-state index contributed by atoms with van der Waals surface area (Å²) < 4.78 is 8.99. The lowest BCUT2D eigenvalue weighted by Crippen LogP contribution is -2.51. The van der Waals surface area contributed by atoms with Crippen LogP contribution in [0, 0.1) is 13.8 Å². The maximum Gasteiger partial charge on any atom is 0.269 e. The second-order valence-corrected chi connectivity index (χ2v) is 9.32. The van der Waals surface area contributed by atoms with E-state index in [1.807, 2.05) is 47.5 Å². The number of nitrogens with one attached hydrogen (secondary N) is 1. The molecule has 9 nitrogen and oxygen atoms in total. The normalized spacial score (nSPS) is 17.8. The molecule has 0 spiro atoms. The van der Waals surface area contributed by atoms with Crippen molar-refractivity contribution in [1.29, 1.82) is 0 Å². The molecule has 1 aliphatic heterocycles. The van der Waals surface area contributed by atoms with Crippen LogP contribution in [-0.4, -0.2) is 62.1 Å². The molecule has 2 atom stereocenters. The van der Waals surface area contributed by atoms with Gasteiger partial charge in [0.25, 0.3) is 11.8 Å². The third-order valence-corrected chi connectivity index (χ3v) is 6.90. The summed E-state index contributed by atoms with van der Waals surface area (Å²) >= 11 is 0. The van der Waals surface area contributed by atoms with Crippen molar-refractivity contribution in [3.8, 4) is 5.75 Å². The van der Waals surface area contributed by atoms with Gasteiger partial charge in [0.15, 0.2) is 11.4 Å². The van der Waals surface area contributed by atoms with E-state index in [9.17, 15) is 9.59 Å². The van der Waals surface area contributed by atoms with Crippen molar-refractivity contribution in [1.82, 2.24) is 29.4 Å². The van der Waals surface area contributed by atoms with E-state index in [1.54, 1.807) is 37.2 Å². The van der Waals surface area contributed by atoms with Crippen LogP contribution in [0.2, 0.25) is 0 Å². The number of carbonyl (C=O) groups excluding carboxylic acids is 2. The predicted molar refractivity (Wildman–Crippen MR) is 135 cm³/mol. The summed E-state index contributed by atoms with van der Waals surface area (Å²) in [6.07, 6.45) is 4.21. The predicted octanol–water partition coefficient (Wildman–Crippen LogP) is 3.12. The second-order valence-electron chi connectivity index (χ2n) is 9.32. The molecule has 1 N–H and O–H groups in total. The van der Waals surface area contributed by atoms with Crippen LogP contribution in [0.25, 0.3) is 5.65 Å². The number of benzene rings is 1. The SMILES string of the molecule is COc1cc(C(=O)N2CC[C@@H](NC(=O)c3cc(C)nn3C)[C@@H](c3ccccc3)C2)cn2c(C)cnc12. The number of fused-ring (bicyclic) bond motifs is 1. The van der Waals surface area contributed by atoms with Crippen LogP contribution in [0.15, 0.2) is 54.9 Å². The van der Waals surface area contributed by atoms with Crippen molar-refractivity contribution in [3.63, 3.8) is 0 Å². The number of carbonyl (C=O) groups is 2. The number of aryl methyl sites for hydroxylation is 3. The quantitative estimate of drug-likeness (QED) is 0.468. The van der Waals surface area contributed by atoms with Gasteiger partial charge in [-0.3, -0.25) is 14.3 Å². The Kier molecular flexibility index (Phi) is 6.22. The minimum atomic E-state index is -0.158. The number of ether oxygens (including phenoxy) is 1. The van der Waals surface area contributed by atoms with Gasteiger partial charge >= 0.3 is 0 Å². The van der Waals surface area contributed by atoms with Gasteiger partial charge in [-0.1, -0.05) is 30.3 Å². The minimum absolute atomic E-state index is 0.0530. The Balaban J connectivity index is 1.42. The van der Waals surface area contributed by atoms with Crippen molar-refractivity contribution in [2.75, 3.05) is 20.2 Å². The van der Waals surface area contributed by atoms with Gasteiger partial charge in [-0.15, -0.1) is 0 Å². The molecule has 1 aromatic carbocycles. The molecular weight excluding hydrogens is 456 g/mol. The van der Waals surface area contributed by atoms with Crippen LogP contribution in [0.3, 0.4) is 0 Å². The third-order valence-electron chi connectivity index (χ3n) is 6.90. The zero-order valence-electron chi connectivity index (χ0n) is 20.9. The number of aromatic nitrogens is 4. The zero-order chi connectivity index (χ0) is 25.4. The standard InChI is InChI=1S/C27H30N6O3/c1-17-12-23(31(3)30-17)26(34)29-22-10-11-32(16-21(22)19-8-6-5-7-9-19)27(35)20-13-24(36-4)25-28-14-18(2)33(25)15-20/h5-9,12-15,21-22H,10-11,16H2,1-4H3,(H,29,34)/t21-,22-/m1/s1. The van der Waals surface area contributed by atoms with E-state index in [0.717, 1.165) is 17.0 Å². The Hall–Kier alpha value is -4.14. The third kappa shape index (κ3) is 4.32. The number of pyridine rings is 1. The van der Waals surface area contributed by atoms with E-state index in [4.69, 9.17) is 4.74 Å². The van der Waals surface area contributed by atoms with Crippen molar-refractivity contribution >= 4 is 17.5 Å². The van der Waals surface area contributed by atoms with Crippen molar-refractivity contribution in [2.24, 2.45) is 7.05 Å². The number of rotatable bonds is 5. The Morgan fingerprint density at radius 3 is 2.61 bits per heavy atom.